The minimum absolute atomic E-state index is 0. The molecule has 0 heterocycles. The fourth-order valence-electron chi connectivity index (χ4n) is 1.51. The summed E-state index contributed by atoms with van der Waals surface area (Å²) in [6.45, 7) is 5.46. The second-order valence-electron chi connectivity index (χ2n) is 4.00. The Morgan fingerprint density at radius 2 is 2.05 bits per heavy atom. The third-order valence-corrected chi connectivity index (χ3v) is 2.66. The van der Waals surface area contributed by atoms with Crippen LogP contribution in [0.4, 0.5) is 13.2 Å². The summed E-state index contributed by atoms with van der Waals surface area (Å²) in [6, 6.07) is 3.65. The highest BCUT2D eigenvalue weighted by atomic mass is 79.9. The molecule has 0 amide bonds. The van der Waals surface area contributed by atoms with Crippen molar-refractivity contribution in [1.29, 1.82) is 0 Å². The van der Waals surface area contributed by atoms with Gasteiger partial charge in [-0.05, 0) is 31.5 Å². The Bertz CT molecular complexity index is 451. The van der Waals surface area contributed by atoms with Crippen LogP contribution in [0, 0.1) is 0 Å². The summed E-state index contributed by atoms with van der Waals surface area (Å²) in [5.74, 6) is -0.278. The normalized spacial score (nSPS) is 12.5. The van der Waals surface area contributed by atoms with Gasteiger partial charge in [-0.2, -0.15) is 0 Å². The molecule has 0 radical (unpaired) electrons. The Labute approximate surface area is 124 Å². The summed E-state index contributed by atoms with van der Waals surface area (Å²) >= 11 is 3.20. The molecule has 2 N–H and O–H groups in total. The number of ether oxygens (including phenoxy) is 1. The van der Waals surface area contributed by atoms with Crippen molar-refractivity contribution >= 4 is 28.3 Å². The number of rotatable bonds is 4. The molecule has 19 heavy (non-hydrogen) atoms. The van der Waals surface area contributed by atoms with Gasteiger partial charge in [0, 0.05) is 16.1 Å². The monoisotopic (exact) mass is 359 g/mol. The summed E-state index contributed by atoms with van der Waals surface area (Å²) in [4.78, 5) is 0. The van der Waals surface area contributed by atoms with Gasteiger partial charge in [0.05, 0.1) is 0 Å². The van der Waals surface area contributed by atoms with Gasteiger partial charge in [0.1, 0.15) is 5.75 Å². The molecule has 1 rings (SSSR count). The Kier molecular flexibility index (Phi) is 6.89. The molecular weight excluding hydrogens is 346 g/mol. The minimum atomic E-state index is -4.73. The van der Waals surface area contributed by atoms with Crippen molar-refractivity contribution in [1.82, 2.24) is 0 Å². The Morgan fingerprint density at radius 1 is 1.47 bits per heavy atom. The first-order chi connectivity index (χ1) is 8.19. The van der Waals surface area contributed by atoms with Gasteiger partial charge in [-0.15, -0.1) is 32.2 Å². The van der Waals surface area contributed by atoms with Crippen LogP contribution in [0.15, 0.2) is 34.8 Å². The highest BCUT2D eigenvalue weighted by Gasteiger charge is 2.32. The molecule has 0 aromatic heterocycles. The number of nitrogens with two attached hydrogens (primary N) is 1. The van der Waals surface area contributed by atoms with Crippen molar-refractivity contribution < 1.29 is 17.9 Å². The molecule has 0 aliphatic carbocycles. The first-order valence-corrected chi connectivity index (χ1v) is 5.93. The van der Waals surface area contributed by atoms with E-state index in [-0.39, 0.29) is 18.2 Å². The van der Waals surface area contributed by atoms with Crippen LogP contribution >= 0.6 is 28.3 Å². The fourth-order valence-corrected chi connectivity index (χ4v) is 1.89. The molecule has 1 aromatic carbocycles. The van der Waals surface area contributed by atoms with Crippen LogP contribution in [0.5, 0.6) is 5.75 Å². The minimum Gasteiger partial charge on any atom is -0.405 e. The van der Waals surface area contributed by atoms with Gasteiger partial charge in [-0.1, -0.05) is 21.5 Å². The highest BCUT2D eigenvalue weighted by Crippen LogP contribution is 2.33. The van der Waals surface area contributed by atoms with Crippen molar-refractivity contribution in [3.05, 3.63) is 40.4 Å². The van der Waals surface area contributed by atoms with Gasteiger partial charge in [-0.3, -0.25) is 0 Å². The molecule has 0 saturated carbocycles. The molecule has 7 heteroatoms. The maximum atomic E-state index is 12.3. The van der Waals surface area contributed by atoms with Crippen molar-refractivity contribution in [2.45, 2.75) is 25.7 Å². The van der Waals surface area contributed by atoms with E-state index in [1.54, 1.807) is 6.92 Å². The zero-order chi connectivity index (χ0) is 13.9. The van der Waals surface area contributed by atoms with Gasteiger partial charge < -0.3 is 10.5 Å². The lowest BCUT2D eigenvalue weighted by Gasteiger charge is -2.18. The van der Waals surface area contributed by atoms with Crippen molar-refractivity contribution in [2.75, 3.05) is 0 Å². The number of benzene rings is 1. The molecule has 1 atom stereocenters. The zero-order valence-corrected chi connectivity index (χ0v) is 12.5. The maximum Gasteiger partial charge on any atom is 0.573 e. The van der Waals surface area contributed by atoms with Crippen molar-refractivity contribution in [2.24, 2.45) is 5.73 Å². The van der Waals surface area contributed by atoms with E-state index in [0.717, 1.165) is 5.57 Å². The van der Waals surface area contributed by atoms with E-state index in [1.807, 2.05) is 0 Å². The highest BCUT2D eigenvalue weighted by molar-refractivity contribution is 9.10. The Hall–Kier alpha value is -0.720. The van der Waals surface area contributed by atoms with E-state index in [2.05, 4.69) is 27.2 Å². The lowest BCUT2D eigenvalue weighted by Crippen LogP contribution is -2.20. The summed E-state index contributed by atoms with van der Waals surface area (Å²) in [5.41, 5.74) is 6.94. The van der Waals surface area contributed by atoms with E-state index in [4.69, 9.17) is 5.73 Å². The second kappa shape index (κ2) is 7.17. The molecule has 0 spiro atoms. The number of hydrogen-bond acceptors (Lipinski definition) is 2. The molecule has 0 aliphatic heterocycles. The number of halogens is 5. The SMILES string of the molecule is C=C(C)C[C@H](N)c1cc(Br)ccc1OC(F)(F)F.Cl. The second-order valence-corrected chi connectivity index (χ2v) is 4.91. The molecule has 0 bridgehead atoms. The van der Waals surface area contributed by atoms with Crippen LogP contribution in [0.1, 0.15) is 24.9 Å². The fraction of sp³-hybridized carbons (Fsp3) is 0.333. The molecular formula is C12H14BrClF3NO. The van der Waals surface area contributed by atoms with Crippen LogP contribution in [0.25, 0.3) is 0 Å². The number of alkyl halides is 3. The van der Waals surface area contributed by atoms with E-state index >= 15 is 0 Å². The van der Waals surface area contributed by atoms with E-state index in [9.17, 15) is 13.2 Å². The smallest absolute Gasteiger partial charge is 0.405 e. The van der Waals surface area contributed by atoms with Crippen LogP contribution in [0.2, 0.25) is 0 Å². The maximum absolute atomic E-state index is 12.3. The predicted octanol–water partition coefficient (Wildman–Crippen LogP) is 4.74. The van der Waals surface area contributed by atoms with Crippen LogP contribution in [-0.2, 0) is 0 Å². The van der Waals surface area contributed by atoms with Gasteiger partial charge in [0.2, 0.25) is 0 Å². The molecule has 1 aromatic rings. The van der Waals surface area contributed by atoms with E-state index in [1.165, 1.54) is 18.2 Å². The Morgan fingerprint density at radius 3 is 2.53 bits per heavy atom. The van der Waals surface area contributed by atoms with Gasteiger partial charge >= 0.3 is 6.36 Å². The summed E-state index contributed by atoms with van der Waals surface area (Å²) in [5, 5.41) is 0. The summed E-state index contributed by atoms with van der Waals surface area (Å²) in [6.07, 6.45) is -4.34. The quantitative estimate of drug-likeness (QED) is 0.788. The lowest BCUT2D eigenvalue weighted by atomic mass is 10.0. The first-order valence-electron chi connectivity index (χ1n) is 5.14. The first kappa shape index (κ1) is 18.3. The van der Waals surface area contributed by atoms with E-state index in [0.29, 0.717) is 16.5 Å². The van der Waals surface area contributed by atoms with Crippen LogP contribution in [0.3, 0.4) is 0 Å². The topological polar surface area (TPSA) is 35.2 Å². The zero-order valence-electron chi connectivity index (χ0n) is 10.1. The molecule has 0 unspecified atom stereocenters. The molecule has 2 nitrogen and oxygen atoms in total. The lowest BCUT2D eigenvalue weighted by molar-refractivity contribution is -0.275. The summed E-state index contributed by atoms with van der Waals surface area (Å²) < 4.78 is 41.4. The average molecular weight is 361 g/mol. The third-order valence-electron chi connectivity index (χ3n) is 2.17. The third kappa shape index (κ3) is 6.31. The standard InChI is InChI=1S/C12H13BrF3NO.ClH/c1-7(2)5-10(17)9-6-8(13)3-4-11(9)18-12(14,15)16;/h3-4,6,10H,1,5,17H2,2H3;1H/t10-;/m0./s1. The van der Waals surface area contributed by atoms with Crippen molar-refractivity contribution in [3.63, 3.8) is 0 Å². The summed E-state index contributed by atoms with van der Waals surface area (Å²) in [7, 11) is 0. The Balaban J connectivity index is 0.00000324. The number of hydrogen-bond donors (Lipinski definition) is 1. The van der Waals surface area contributed by atoms with Gasteiger partial charge in [0.25, 0.3) is 0 Å². The van der Waals surface area contributed by atoms with E-state index < -0.39 is 12.4 Å². The van der Waals surface area contributed by atoms with Gasteiger partial charge in [0.15, 0.2) is 0 Å². The van der Waals surface area contributed by atoms with Crippen molar-refractivity contribution in [3.8, 4) is 5.75 Å². The van der Waals surface area contributed by atoms with Crippen LogP contribution < -0.4 is 10.5 Å². The molecule has 0 saturated heterocycles. The molecule has 0 aliphatic rings. The largest absolute Gasteiger partial charge is 0.573 e. The van der Waals surface area contributed by atoms with Gasteiger partial charge in [-0.25, -0.2) is 0 Å². The average Bonchev–Trinajstić information content (AvgIpc) is 2.17. The molecule has 108 valence electrons. The molecule has 0 fully saturated rings. The van der Waals surface area contributed by atoms with Crippen LogP contribution in [-0.4, -0.2) is 6.36 Å². The predicted molar refractivity (Wildman–Crippen MR) is 74.4 cm³/mol.